The van der Waals surface area contributed by atoms with Gasteiger partial charge in [0, 0.05) is 12.6 Å². The molecule has 0 heterocycles. The summed E-state index contributed by atoms with van der Waals surface area (Å²) >= 11 is 0. The van der Waals surface area contributed by atoms with Crippen molar-refractivity contribution < 1.29 is 22.7 Å². The van der Waals surface area contributed by atoms with E-state index in [-0.39, 0.29) is 25.2 Å². The molecule has 0 aromatic rings. The van der Waals surface area contributed by atoms with E-state index in [1.54, 1.807) is 0 Å². The van der Waals surface area contributed by atoms with Crippen molar-refractivity contribution in [3.8, 4) is 0 Å². The molecule has 2 amide bonds. The van der Waals surface area contributed by atoms with Gasteiger partial charge in [0.25, 0.3) is 0 Å². The molecule has 0 aromatic heterocycles. The molecule has 0 atom stereocenters. The summed E-state index contributed by atoms with van der Waals surface area (Å²) < 4.78 is 39.3. The van der Waals surface area contributed by atoms with Crippen LogP contribution in [0.25, 0.3) is 0 Å². The van der Waals surface area contributed by atoms with E-state index in [2.05, 4.69) is 15.4 Å². The number of alkyl halides is 3. The highest BCUT2D eigenvalue weighted by Crippen LogP contribution is 2.17. The van der Waals surface area contributed by atoms with E-state index in [9.17, 15) is 18.0 Å². The normalized spacial score (nSPS) is 16.7. The maximum atomic E-state index is 11.6. The van der Waals surface area contributed by atoms with Gasteiger partial charge in [-0.2, -0.15) is 13.2 Å². The first-order valence-electron chi connectivity index (χ1n) is 5.16. The minimum absolute atomic E-state index is 0.0780. The Morgan fingerprint density at radius 2 is 2.06 bits per heavy atom. The fraction of sp³-hybridized carbons (Fsp3) is 0.889. The number of amides is 2. The first kappa shape index (κ1) is 13.1. The van der Waals surface area contributed by atoms with Crippen LogP contribution < -0.4 is 10.6 Å². The summed E-state index contributed by atoms with van der Waals surface area (Å²) in [5.74, 6) is 0. The monoisotopic (exact) mass is 240 g/mol. The standard InChI is InChI=1S/C9H15F3N2O2/c10-9(11,12)6-16-5-4-13-8(15)14-7-2-1-3-7/h7H,1-6H2,(H2,13,14,15). The summed E-state index contributed by atoms with van der Waals surface area (Å²) in [5.41, 5.74) is 0. The number of halogens is 3. The van der Waals surface area contributed by atoms with E-state index >= 15 is 0 Å². The molecular weight excluding hydrogens is 225 g/mol. The zero-order valence-corrected chi connectivity index (χ0v) is 8.77. The van der Waals surface area contributed by atoms with Gasteiger partial charge in [0.2, 0.25) is 0 Å². The summed E-state index contributed by atoms with van der Waals surface area (Å²) in [6, 6.07) is -0.128. The lowest BCUT2D eigenvalue weighted by molar-refractivity contribution is -0.173. The maximum Gasteiger partial charge on any atom is 0.411 e. The van der Waals surface area contributed by atoms with Crippen LogP contribution in [0.15, 0.2) is 0 Å². The summed E-state index contributed by atoms with van der Waals surface area (Å²) in [5, 5.41) is 5.12. The van der Waals surface area contributed by atoms with Crippen LogP contribution in [0.1, 0.15) is 19.3 Å². The van der Waals surface area contributed by atoms with Gasteiger partial charge in [0.05, 0.1) is 6.61 Å². The van der Waals surface area contributed by atoms with Crippen molar-refractivity contribution in [2.75, 3.05) is 19.8 Å². The van der Waals surface area contributed by atoms with Crippen molar-refractivity contribution in [2.24, 2.45) is 0 Å². The molecule has 16 heavy (non-hydrogen) atoms. The van der Waals surface area contributed by atoms with Crippen molar-refractivity contribution in [2.45, 2.75) is 31.5 Å². The first-order chi connectivity index (χ1) is 7.47. The molecule has 0 unspecified atom stereocenters. The summed E-state index contributed by atoms with van der Waals surface area (Å²) in [6.07, 6.45) is -1.26. The number of carbonyl (C=O) groups excluding carboxylic acids is 1. The molecule has 0 aliphatic heterocycles. The lowest BCUT2D eigenvalue weighted by atomic mass is 9.93. The molecule has 0 aromatic carbocycles. The van der Waals surface area contributed by atoms with Crippen LogP contribution in [-0.2, 0) is 4.74 Å². The lowest BCUT2D eigenvalue weighted by Gasteiger charge is -2.26. The van der Waals surface area contributed by atoms with Gasteiger partial charge < -0.3 is 15.4 Å². The van der Waals surface area contributed by atoms with Gasteiger partial charge in [-0.3, -0.25) is 0 Å². The van der Waals surface area contributed by atoms with E-state index in [4.69, 9.17) is 0 Å². The van der Waals surface area contributed by atoms with E-state index in [0.717, 1.165) is 19.3 Å². The molecule has 4 nitrogen and oxygen atoms in total. The molecule has 0 radical (unpaired) electrons. The van der Waals surface area contributed by atoms with E-state index in [1.165, 1.54) is 0 Å². The first-order valence-corrected chi connectivity index (χ1v) is 5.16. The Morgan fingerprint density at radius 3 is 2.56 bits per heavy atom. The number of hydrogen-bond donors (Lipinski definition) is 2. The highest BCUT2D eigenvalue weighted by molar-refractivity contribution is 5.74. The van der Waals surface area contributed by atoms with E-state index in [1.807, 2.05) is 0 Å². The summed E-state index contributed by atoms with van der Waals surface area (Å²) in [7, 11) is 0. The van der Waals surface area contributed by atoms with Crippen LogP contribution in [-0.4, -0.2) is 38.0 Å². The molecule has 1 aliphatic rings. The minimum Gasteiger partial charge on any atom is -0.370 e. The number of hydrogen-bond acceptors (Lipinski definition) is 2. The second kappa shape index (κ2) is 5.93. The van der Waals surface area contributed by atoms with Crippen LogP contribution in [0, 0.1) is 0 Å². The van der Waals surface area contributed by atoms with Crippen LogP contribution in [0.2, 0.25) is 0 Å². The third-order valence-corrected chi connectivity index (χ3v) is 2.24. The smallest absolute Gasteiger partial charge is 0.370 e. The van der Waals surface area contributed by atoms with Gasteiger partial charge in [-0.1, -0.05) is 0 Å². The molecule has 1 aliphatic carbocycles. The minimum atomic E-state index is -4.31. The molecule has 1 rings (SSSR count). The molecule has 7 heteroatoms. The van der Waals surface area contributed by atoms with Crippen molar-refractivity contribution in [3.05, 3.63) is 0 Å². The highest BCUT2D eigenvalue weighted by Gasteiger charge is 2.27. The molecule has 94 valence electrons. The van der Waals surface area contributed by atoms with E-state index in [0.29, 0.717) is 0 Å². The van der Waals surface area contributed by atoms with Gasteiger partial charge in [-0.25, -0.2) is 4.79 Å². The lowest BCUT2D eigenvalue weighted by Crippen LogP contribution is -2.46. The maximum absolute atomic E-state index is 11.6. The molecular formula is C9H15F3N2O2. The van der Waals surface area contributed by atoms with Crippen LogP contribution in [0.3, 0.4) is 0 Å². The number of ether oxygens (including phenoxy) is 1. The topological polar surface area (TPSA) is 50.4 Å². The van der Waals surface area contributed by atoms with Gasteiger partial charge in [-0.15, -0.1) is 0 Å². The Bertz CT molecular complexity index is 229. The van der Waals surface area contributed by atoms with Crippen LogP contribution in [0.4, 0.5) is 18.0 Å². The second-order valence-corrected chi connectivity index (χ2v) is 3.70. The Balaban J connectivity index is 1.92. The zero-order valence-electron chi connectivity index (χ0n) is 8.77. The summed E-state index contributed by atoms with van der Waals surface area (Å²) in [4.78, 5) is 11.1. The van der Waals surface area contributed by atoms with Gasteiger partial charge in [0.1, 0.15) is 6.61 Å². The Labute approximate surface area is 91.5 Å². The van der Waals surface area contributed by atoms with Gasteiger partial charge >= 0.3 is 12.2 Å². The molecule has 1 saturated carbocycles. The molecule has 2 N–H and O–H groups in total. The third-order valence-electron chi connectivity index (χ3n) is 2.24. The zero-order chi connectivity index (χ0) is 12.0. The van der Waals surface area contributed by atoms with Crippen LogP contribution in [0.5, 0.6) is 0 Å². The average Bonchev–Trinajstić information content (AvgIpc) is 2.09. The molecule has 0 spiro atoms. The van der Waals surface area contributed by atoms with Crippen molar-refractivity contribution in [1.29, 1.82) is 0 Å². The van der Waals surface area contributed by atoms with Gasteiger partial charge in [0.15, 0.2) is 0 Å². The molecule has 0 bridgehead atoms. The fourth-order valence-electron chi connectivity index (χ4n) is 1.21. The van der Waals surface area contributed by atoms with Crippen LogP contribution >= 0.6 is 0 Å². The van der Waals surface area contributed by atoms with E-state index < -0.39 is 12.8 Å². The molecule has 0 saturated heterocycles. The van der Waals surface area contributed by atoms with Crippen molar-refractivity contribution in [1.82, 2.24) is 10.6 Å². The number of rotatable bonds is 5. The second-order valence-electron chi connectivity index (χ2n) is 3.70. The third kappa shape index (κ3) is 5.79. The predicted octanol–water partition coefficient (Wildman–Crippen LogP) is 1.42. The molecule has 1 fully saturated rings. The predicted molar refractivity (Wildman–Crippen MR) is 51.0 cm³/mol. The van der Waals surface area contributed by atoms with Crippen molar-refractivity contribution >= 4 is 6.03 Å². The van der Waals surface area contributed by atoms with Gasteiger partial charge in [-0.05, 0) is 19.3 Å². The fourth-order valence-corrected chi connectivity index (χ4v) is 1.21. The Kier molecular flexibility index (Phi) is 4.85. The number of urea groups is 1. The highest BCUT2D eigenvalue weighted by atomic mass is 19.4. The summed E-state index contributed by atoms with van der Waals surface area (Å²) in [6.45, 7) is -1.34. The van der Waals surface area contributed by atoms with Crippen molar-refractivity contribution in [3.63, 3.8) is 0 Å². The SMILES string of the molecule is O=C(NCCOCC(F)(F)F)NC1CCC1. The number of nitrogens with one attached hydrogen (secondary N) is 2. The number of carbonyl (C=O) groups is 1. The Morgan fingerprint density at radius 1 is 1.38 bits per heavy atom. The quantitative estimate of drug-likeness (QED) is 0.714. The largest absolute Gasteiger partial charge is 0.411 e. The average molecular weight is 240 g/mol. The Hall–Kier alpha value is -0.980.